The van der Waals surface area contributed by atoms with Crippen molar-refractivity contribution in [2.75, 3.05) is 20.6 Å². The number of H-pyrrole nitrogens is 1. The monoisotopic (exact) mass is 253 g/mol. The largest absolute Gasteiger partial charge is 0.361 e. The van der Waals surface area contributed by atoms with E-state index in [4.69, 9.17) is 0 Å². The molecule has 0 radical (unpaired) electrons. The lowest BCUT2D eigenvalue weighted by atomic mass is 9.81. The van der Waals surface area contributed by atoms with Crippen molar-refractivity contribution in [2.45, 2.75) is 18.5 Å². The molecule has 0 unspecified atom stereocenters. The van der Waals surface area contributed by atoms with E-state index < -0.39 is 0 Å². The average Bonchev–Trinajstić information content (AvgIpc) is 2.84. The third kappa shape index (κ3) is 1.52. The van der Waals surface area contributed by atoms with Crippen molar-refractivity contribution < 1.29 is 0 Å². The summed E-state index contributed by atoms with van der Waals surface area (Å²) in [6.07, 6.45) is 5.71. The molecule has 0 saturated carbocycles. The maximum absolute atomic E-state index is 3.43. The number of fused-ring (bicyclic) bond motifs is 2. The number of nitrogens with zero attached hydrogens (tertiary/aromatic N) is 1. The van der Waals surface area contributed by atoms with E-state index in [-0.39, 0.29) is 0 Å². The van der Waals surface area contributed by atoms with E-state index in [1.165, 1.54) is 27.6 Å². The van der Waals surface area contributed by atoms with Crippen molar-refractivity contribution in [3.8, 4) is 0 Å². The minimum Gasteiger partial charge on any atom is -0.361 e. The molecule has 2 aromatic rings. The molecule has 1 aliphatic carbocycles. The zero-order chi connectivity index (χ0) is 13.0. The molecule has 1 aromatic heterocycles. The van der Waals surface area contributed by atoms with Gasteiger partial charge in [0.05, 0.1) is 6.04 Å². The fourth-order valence-electron chi connectivity index (χ4n) is 3.74. The van der Waals surface area contributed by atoms with E-state index >= 15 is 0 Å². The summed E-state index contributed by atoms with van der Waals surface area (Å²) in [7, 11) is 4.27. The first-order valence-corrected chi connectivity index (χ1v) is 6.95. The SMILES string of the molecule is CN[C@H]1C=C2Cc3cccc4[nH]cc(c34)[C@H]2N(C)C1. The molecule has 3 heteroatoms. The molecule has 19 heavy (non-hydrogen) atoms. The van der Waals surface area contributed by atoms with Gasteiger partial charge in [-0.05, 0) is 43.3 Å². The fraction of sp³-hybridized carbons (Fsp3) is 0.375. The van der Waals surface area contributed by atoms with Crippen molar-refractivity contribution in [1.29, 1.82) is 0 Å². The zero-order valence-electron chi connectivity index (χ0n) is 11.4. The van der Waals surface area contributed by atoms with Crippen molar-refractivity contribution >= 4 is 10.9 Å². The summed E-state index contributed by atoms with van der Waals surface area (Å²) in [5.41, 5.74) is 5.71. The molecular weight excluding hydrogens is 234 g/mol. The Balaban J connectivity index is 1.93. The van der Waals surface area contributed by atoms with Crippen LogP contribution in [0.15, 0.2) is 36.0 Å². The maximum Gasteiger partial charge on any atom is 0.0584 e. The first-order chi connectivity index (χ1) is 9.28. The van der Waals surface area contributed by atoms with E-state index in [0.29, 0.717) is 12.1 Å². The minimum atomic E-state index is 0.452. The van der Waals surface area contributed by atoms with Crippen LogP contribution in [0.25, 0.3) is 10.9 Å². The van der Waals surface area contributed by atoms with E-state index in [9.17, 15) is 0 Å². The van der Waals surface area contributed by atoms with Crippen LogP contribution in [0.1, 0.15) is 17.2 Å². The molecule has 0 spiro atoms. The highest BCUT2D eigenvalue weighted by Crippen LogP contribution is 2.42. The topological polar surface area (TPSA) is 31.1 Å². The lowest BCUT2D eigenvalue weighted by Gasteiger charge is -2.39. The Labute approximate surface area is 113 Å². The number of hydrogen-bond donors (Lipinski definition) is 2. The molecule has 0 saturated heterocycles. The molecule has 3 nitrogen and oxygen atoms in total. The highest BCUT2D eigenvalue weighted by Gasteiger charge is 2.33. The number of rotatable bonds is 1. The molecule has 2 heterocycles. The zero-order valence-corrected chi connectivity index (χ0v) is 11.4. The van der Waals surface area contributed by atoms with Crippen molar-refractivity contribution in [1.82, 2.24) is 15.2 Å². The van der Waals surface area contributed by atoms with Gasteiger partial charge in [0.15, 0.2) is 0 Å². The van der Waals surface area contributed by atoms with E-state index in [1.807, 2.05) is 7.05 Å². The smallest absolute Gasteiger partial charge is 0.0584 e. The quantitative estimate of drug-likeness (QED) is 0.764. The third-order valence-electron chi connectivity index (χ3n) is 4.57. The van der Waals surface area contributed by atoms with Gasteiger partial charge in [0.25, 0.3) is 0 Å². The van der Waals surface area contributed by atoms with E-state index in [2.05, 4.69) is 52.7 Å². The first kappa shape index (κ1) is 11.3. The van der Waals surface area contributed by atoms with Crippen LogP contribution in [0.5, 0.6) is 0 Å². The number of aromatic amines is 1. The predicted octanol–water partition coefficient (Wildman–Crippen LogP) is 2.22. The van der Waals surface area contributed by atoms with Gasteiger partial charge in [0, 0.05) is 29.7 Å². The molecule has 0 amide bonds. The Kier molecular flexibility index (Phi) is 2.34. The van der Waals surface area contributed by atoms with Crippen molar-refractivity contribution in [2.24, 2.45) is 0 Å². The van der Waals surface area contributed by atoms with Gasteiger partial charge in [0.1, 0.15) is 0 Å². The van der Waals surface area contributed by atoms with Crippen LogP contribution in [0.3, 0.4) is 0 Å². The third-order valence-corrected chi connectivity index (χ3v) is 4.57. The number of hydrogen-bond acceptors (Lipinski definition) is 2. The molecule has 1 aliphatic heterocycles. The highest BCUT2D eigenvalue weighted by molar-refractivity contribution is 5.89. The van der Waals surface area contributed by atoms with Gasteiger partial charge in [-0.1, -0.05) is 18.2 Å². The summed E-state index contributed by atoms with van der Waals surface area (Å²) in [4.78, 5) is 5.90. The van der Waals surface area contributed by atoms with Gasteiger partial charge >= 0.3 is 0 Å². The lowest BCUT2D eigenvalue weighted by molar-refractivity contribution is 0.239. The number of benzene rings is 1. The van der Waals surface area contributed by atoms with Gasteiger partial charge in [0.2, 0.25) is 0 Å². The standard InChI is InChI=1S/C16H19N3/c1-17-12-7-11-6-10-4-3-5-14-15(10)13(8-18-14)16(11)19(2)9-12/h3-5,7-8,12,16-18H,6,9H2,1-2H3/t12-,16-/m0/s1. The van der Waals surface area contributed by atoms with Gasteiger partial charge in [-0.2, -0.15) is 0 Å². The van der Waals surface area contributed by atoms with Crippen LogP contribution < -0.4 is 5.32 Å². The Morgan fingerprint density at radius 2 is 2.26 bits per heavy atom. The number of nitrogens with one attached hydrogen (secondary N) is 2. The maximum atomic E-state index is 3.43. The van der Waals surface area contributed by atoms with Gasteiger partial charge < -0.3 is 10.3 Å². The van der Waals surface area contributed by atoms with Crippen LogP contribution in [0.2, 0.25) is 0 Å². The molecule has 0 fully saturated rings. The first-order valence-electron chi connectivity index (χ1n) is 6.95. The summed E-state index contributed by atoms with van der Waals surface area (Å²) in [5.74, 6) is 0. The van der Waals surface area contributed by atoms with E-state index in [0.717, 1.165) is 13.0 Å². The molecule has 2 atom stereocenters. The fourth-order valence-corrected chi connectivity index (χ4v) is 3.74. The second-order valence-electron chi connectivity index (χ2n) is 5.74. The normalized spacial score (nSPS) is 26.3. The lowest BCUT2D eigenvalue weighted by Crippen LogP contribution is -2.43. The van der Waals surface area contributed by atoms with Gasteiger partial charge in [-0.3, -0.25) is 4.90 Å². The van der Waals surface area contributed by atoms with E-state index in [1.54, 1.807) is 0 Å². The summed E-state index contributed by atoms with van der Waals surface area (Å²) in [6.45, 7) is 1.07. The minimum absolute atomic E-state index is 0.452. The number of aromatic nitrogens is 1. The van der Waals surface area contributed by atoms with Crippen LogP contribution in [0, 0.1) is 0 Å². The van der Waals surface area contributed by atoms with Crippen molar-refractivity contribution in [3.63, 3.8) is 0 Å². The summed E-state index contributed by atoms with van der Waals surface area (Å²) >= 11 is 0. The summed E-state index contributed by atoms with van der Waals surface area (Å²) < 4.78 is 0. The molecule has 98 valence electrons. The highest BCUT2D eigenvalue weighted by atomic mass is 15.2. The van der Waals surface area contributed by atoms with Crippen LogP contribution in [-0.2, 0) is 6.42 Å². The van der Waals surface area contributed by atoms with Gasteiger partial charge in [-0.25, -0.2) is 0 Å². The summed E-state index contributed by atoms with van der Waals surface area (Å²) in [6, 6.07) is 7.51. The second kappa shape index (κ2) is 3.95. The van der Waals surface area contributed by atoms with Crippen LogP contribution in [0.4, 0.5) is 0 Å². The molecule has 2 aliphatic rings. The molecule has 2 N–H and O–H groups in total. The predicted molar refractivity (Wildman–Crippen MR) is 78.3 cm³/mol. The second-order valence-corrected chi connectivity index (χ2v) is 5.74. The average molecular weight is 253 g/mol. The number of likely N-dealkylation sites (N-methyl/N-ethyl adjacent to an activating group) is 2. The molecular formula is C16H19N3. The Morgan fingerprint density at radius 3 is 3.11 bits per heavy atom. The Bertz CT molecular complexity index is 668. The Hall–Kier alpha value is -1.58. The summed E-state index contributed by atoms with van der Waals surface area (Å²) in [5, 5.41) is 4.83. The Morgan fingerprint density at radius 1 is 1.37 bits per heavy atom. The molecule has 0 bridgehead atoms. The van der Waals surface area contributed by atoms with Crippen LogP contribution >= 0.6 is 0 Å². The molecule has 1 aromatic carbocycles. The van der Waals surface area contributed by atoms with Gasteiger partial charge in [-0.15, -0.1) is 0 Å². The van der Waals surface area contributed by atoms with Crippen molar-refractivity contribution in [3.05, 3.63) is 47.2 Å². The van der Waals surface area contributed by atoms with Crippen LogP contribution in [-0.4, -0.2) is 36.6 Å². The molecule has 4 rings (SSSR count).